The molecule has 0 amide bonds. The Kier molecular flexibility index (Phi) is 4.62. The van der Waals surface area contributed by atoms with Crippen LogP contribution in [-0.2, 0) is 14.3 Å². The van der Waals surface area contributed by atoms with Gasteiger partial charge in [-0.15, -0.1) is 0 Å². The first-order valence-corrected chi connectivity index (χ1v) is 8.75. The van der Waals surface area contributed by atoms with E-state index in [-0.39, 0.29) is 6.42 Å². The Labute approximate surface area is 145 Å². The summed E-state index contributed by atoms with van der Waals surface area (Å²) in [6.45, 7) is 1.79. The van der Waals surface area contributed by atoms with E-state index in [1.807, 2.05) is 0 Å². The Morgan fingerprint density at radius 3 is 2.39 bits per heavy atom. The van der Waals surface area contributed by atoms with E-state index >= 15 is 0 Å². The van der Waals surface area contributed by atoms with Gasteiger partial charge in [0, 0.05) is 28.5 Å². The third-order valence-electron chi connectivity index (χ3n) is 4.89. The number of carboxylic acid groups (broad SMARTS) is 1. The molecule has 1 N–H and O–H groups in total. The van der Waals surface area contributed by atoms with Crippen molar-refractivity contribution in [3.8, 4) is 0 Å². The van der Waals surface area contributed by atoms with Crippen LogP contribution < -0.4 is 0 Å². The van der Waals surface area contributed by atoms with Gasteiger partial charge >= 0.3 is 5.97 Å². The van der Waals surface area contributed by atoms with Crippen LogP contribution in [0.15, 0.2) is 18.2 Å². The molecular formula is C17H20Cl2O4. The number of aliphatic carboxylic acids is 1. The molecule has 1 aliphatic carbocycles. The number of carboxylic acids is 1. The Morgan fingerprint density at radius 1 is 1.26 bits per heavy atom. The fraction of sp³-hybridized carbons (Fsp3) is 0.588. The molecule has 23 heavy (non-hydrogen) atoms. The summed E-state index contributed by atoms with van der Waals surface area (Å²) in [7, 11) is 0. The number of benzene rings is 1. The highest BCUT2D eigenvalue weighted by Crippen LogP contribution is 2.54. The van der Waals surface area contributed by atoms with Gasteiger partial charge in [-0.1, -0.05) is 42.6 Å². The molecule has 1 aromatic carbocycles. The Balaban J connectivity index is 2.10. The predicted molar refractivity (Wildman–Crippen MR) is 87.8 cm³/mol. The average Bonchev–Trinajstić information content (AvgIpc) is 2.83. The lowest BCUT2D eigenvalue weighted by molar-refractivity contribution is -0.214. The van der Waals surface area contributed by atoms with E-state index in [4.69, 9.17) is 32.7 Å². The Bertz CT molecular complexity index is 592. The van der Waals surface area contributed by atoms with Crippen molar-refractivity contribution < 1.29 is 19.4 Å². The monoisotopic (exact) mass is 358 g/mol. The number of halogens is 2. The summed E-state index contributed by atoms with van der Waals surface area (Å²) in [5.74, 6) is -1.89. The zero-order chi connectivity index (χ0) is 16.7. The maximum absolute atomic E-state index is 12.1. The Morgan fingerprint density at radius 2 is 1.87 bits per heavy atom. The van der Waals surface area contributed by atoms with E-state index in [0.717, 1.165) is 19.3 Å². The average molecular weight is 359 g/mol. The van der Waals surface area contributed by atoms with Gasteiger partial charge in [0.15, 0.2) is 11.4 Å². The second kappa shape index (κ2) is 6.25. The highest BCUT2D eigenvalue weighted by molar-refractivity contribution is 6.36. The van der Waals surface area contributed by atoms with Crippen LogP contribution in [0.4, 0.5) is 0 Å². The topological polar surface area (TPSA) is 55.8 Å². The number of hydrogen-bond donors (Lipinski definition) is 1. The molecule has 1 aliphatic heterocycles. The van der Waals surface area contributed by atoms with Crippen LogP contribution in [0.1, 0.15) is 57.1 Å². The smallest absolute Gasteiger partial charge is 0.339 e. The summed E-state index contributed by atoms with van der Waals surface area (Å²) in [4.78, 5) is 12.1. The van der Waals surface area contributed by atoms with Crippen molar-refractivity contribution in [1.29, 1.82) is 0 Å². The molecule has 1 aromatic rings. The number of carbonyl (C=O) groups is 1. The van der Waals surface area contributed by atoms with E-state index in [2.05, 4.69) is 0 Å². The van der Waals surface area contributed by atoms with Gasteiger partial charge < -0.3 is 14.6 Å². The molecule has 0 radical (unpaired) electrons. The van der Waals surface area contributed by atoms with Gasteiger partial charge in [-0.05, 0) is 31.4 Å². The molecule has 2 aliphatic rings. The van der Waals surface area contributed by atoms with E-state index < -0.39 is 23.5 Å². The lowest BCUT2D eigenvalue weighted by atomic mass is 9.88. The minimum Gasteiger partial charge on any atom is -0.479 e. The van der Waals surface area contributed by atoms with Crippen molar-refractivity contribution in [3.63, 3.8) is 0 Å². The van der Waals surface area contributed by atoms with Gasteiger partial charge in [0.1, 0.15) is 6.10 Å². The minimum atomic E-state index is -1.47. The third-order valence-corrected chi connectivity index (χ3v) is 5.55. The van der Waals surface area contributed by atoms with Crippen LogP contribution in [0, 0.1) is 0 Å². The number of rotatable bonds is 3. The highest BCUT2D eigenvalue weighted by Gasteiger charge is 2.61. The first kappa shape index (κ1) is 17.0. The summed E-state index contributed by atoms with van der Waals surface area (Å²) in [6.07, 6.45) is 3.88. The van der Waals surface area contributed by atoms with E-state index in [0.29, 0.717) is 28.5 Å². The molecule has 0 bridgehead atoms. The molecule has 0 aromatic heterocycles. The molecule has 4 nitrogen and oxygen atoms in total. The minimum absolute atomic E-state index is 0.274. The van der Waals surface area contributed by atoms with Crippen molar-refractivity contribution >= 4 is 29.2 Å². The molecule has 1 saturated carbocycles. The zero-order valence-electron chi connectivity index (χ0n) is 13.0. The zero-order valence-corrected chi connectivity index (χ0v) is 14.5. The van der Waals surface area contributed by atoms with Gasteiger partial charge in [-0.3, -0.25) is 0 Å². The van der Waals surface area contributed by atoms with Crippen LogP contribution in [0.3, 0.4) is 0 Å². The van der Waals surface area contributed by atoms with Gasteiger partial charge in [-0.25, -0.2) is 4.79 Å². The summed E-state index contributed by atoms with van der Waals surface area (Å²) < 4.78 is 12.4. The summed E-state index contributed by atoms with van der Waals surface area (Å²) in [6, 6.07) is 5.12. The maximum atomic E-state index is 12.1. The lowest BCUT2D eigenvalue weighted by Gasteiger charge is -2.33. The van der Waals surface area contributed by atoms with Gasteiger partial charge in [0.05, 0.1) is 0 Å². The van der Waals surface area contributed by atoms with E-state index in [1.165, 1.54) is 0 Å². The number of hydrogen-bond acceptors (Lipinski definition) is 3. The fourth-order valence-corrected chi connectivity index (χ4v) is 4.24. The first-order chi connectivity index (χ1) is 10.9. The molecule has 1 saturated heterocycles. The summed E-state index contributed by atoms with van der Waals surface area (Å²) in [5.41, 5.74) is -0.964. The van der Waals surface area contributed by atoms with Crippen molar-refractivity contribution in [2.24, 2.45) is 0 Å². The fourth-order valence-electron chi connectivity index (χ4n) is 3.65. The van der Waals surface area contributed by atoms with Gasteiger partial charge in [0.2, 0.25) is 0 Å². The second-order valence-electron chi connectivity index (χ2n) is 6.25. The second-order valence-corrected chi connectivity index (χ2v) is 7.07. The van der Waals surface area contributed by atoms with Gasteiger partial charge in [-0.2, -0.15) is 0 Å². The van der Waals surface area contributed by atoms with Crippen LogP contribution in [0.2, 0.25) is 10.0 Å². The van der Waals surface area contributed by atoms with Crippen LogP contribution in [0.25, 0.3) is 0 Å². The predicted octanol–water partition coefficient (Wildman–Crippen LogP) is 4.98. The van der Waals surface area contributed by atoms with Crippen LogP contribution in [0.5, 0.6) is 0 Å². The van der Waals surface area contributed by atoms with Gasteiger partial charge in [0.25, 0.3) is 0 Å². The standard InChI is InChI=1S/C17H20Cl2O4/c1-2-17(15(20)21)14(13-11(18)7-6-8-12(13)19)22-16(23-17)9-4-3-5-10-16/h6-8,14H,2-5,9-10H2,1H3,(H,20,21)/t14-,17+/m0/s1. The molecule has 126 valence electrons. The maximum Gasteiger partial charge on any atom is 0.339 e. The van der Waals surface area contributed by atoms with Crippen molar-refractivity contribution in [1.82, 2.24) is 0 Å². The first-order valence-electron chi connectivity index (χ1n) is 7.99. The molecule has 6 heteroatoms. The molecular weight excluding hydrogens is 339 g/mol. The largest absolute Gasteiger partial charge is 0.479 e. The molecule has 0 unspecified atom stereocenters. The van der Waals surface area contributed by atoms with E-state index in [1.54, 1.807) is 25.1 Å². The van der Waals surface area contributed by atoms with Crippen LogP contribution in [-0.4, -0.2) is 22.5 Å². The molecule has 3 rings (SSSR count). The summed E-state index contributed by atoms with van der Waals surface area (Å²) >= 11 is 12.6. The SMILES string of the molecule is CC[C@@]1(C(=O)O)OC2(CCCCC2)O[C@H]1c1c(Cl)cccc1Cl. The number of ether oxygens (including phenoxy) is 2. The summed E-state index contributed by atoms with van der Waals surface area (Å²) in [5, 5.41) is 10.7. The third kappa shape index (κ3) is 2.76. The highest BCUT2D eigenvalue weighted by atomic mass is 35.5. The molecule has 2 fully saturated rings. The quantitative estimate of drug-likeness (QED) is 0.827. The van der Waals surface area contributed by atoms with Crippen molar-refractivity contribution in [3.05, 3.63) is 33.8 Å². The molecule has 2 atom stereocenters. The Hall–Kier alpha value is -0.810. The van der Waals surface area contributed by atoms with Crippen molar-refractivity contribution in [2.45, 2.75) is 62.9 Å². The normalized spacial score (nSPS) is 29.8. The van der Waals surface area contributed by atoms with E-state index in [9.17, 15) is 9.90 Å². The van der Waals surface area contributed by atoms with Crippen LogP contribution >= 0.6 is 23.2 Å². The molecule has 1 spiro atoms. The lowest BCUT2D eigenvalue weighted by Crippen LogP contribution is -2.45. The molecule has 1 heterocycles. The van der Waals surface area contributed by atoms with Crippen molar-refractivity contribution in [2.75, 3.05) is 0 Å².